The predicted octanol–water partition coefficient (Wildman–Crippen LogP) is 2.85. The van der Waals surface area contributed by atoms with Gasteiger partial charge in [-0.25, -0.2) is 4.98 Å². The summed E-state index contributed by atoms with van der Waals surface area (Å²) in [6.07, 6.45) is 1.80. The maximum absolute atomic E-state index is 8.73. The molecule has 2 rings (SSSR count). The van der Waals surface area contributed by atoms with Crippen LogP contribution in [0.25, 0.3) is 0 Å². The van der Waals surface area contributed by atoms with Gasteiger partial charge < -0.3 is 4.57 Å². The maximum Gasteiger partial charge on any atom is 0.106 e. The number of halogens is 1. The van der Waals surface area contributed by atoms with E-state index in [9.17, 15) is 0 Å². The van der Waals surface area contributed by atoms with Crippen LogP contribution in [0.2, 0.25) is 0 Å². The lowest BCUT2D eigenvalue weighted by molar-refractivity contribution is 0.734. The number of imidazole rings is 1. The molecule has 17 heavy (non-hydrogen) atoms. The van der Waals surface area contributed by atoms with Crippen molar-refractivity contribution in [2.45, 2.75) is 19.3 Å². The van der Waals surface area contributed by atoms with Crippen LogP contribution in [0, 0.1) is 18.3 Å². The first-order valence-corrected chi connectivity index (χ1v) is 5.84. The van der Waals surface area contributed by atoms with E-state index in [4.69, 9.17) is 16.9 Å². The first-order chi connectivity index (χ1) is 8.24. The highest BCUT2D eigenvalue weighted by Crippen LogP contribution is 2.12. The summed E-state index contributed by atoms with van der Waals surface area (Å²) in [5, 5.41) is 8.73. The summed E-state index contributed by atoms with van der Waals surface area (Å²) >= 11 is 5.86. The minimum Gasteiger partial charge on any atom is -0.327 e. The fraction of sp³-hybridized carbons (Fsp3) is 0.231. The molecule has 3 nitrogen and oxygen atoms in total. The van der Waals surface area contributed by atoms with E-state index in [1.165, 1.54) is 0 Å². The molecule has 0 atom stereocenters. The van der Waals surface area contributed by atoms with Crippen LogP contribution in [0.3, 0.4) is 0 Å². The van der Waals surface area contributed by atoms with Gasteiger partial charge in [0, 0.05) is 12.7 Å². The molecule has 0 aliphatic carbocycles. The lowest BCUT2D eigenvalue weighted by Crippen LogP contribution is -2.05. The highest BCUT2D eigenvalue weighted by Gasteiger charge is 2.06. The summed E-state index contributed by atoms with van der Waals surface area (Å²) in [6, 6.07) is 9.66. The predicted molar refractivity (Wildman–Crippen MR) is 66.8 cm³/mol. The fourth-order valence-electron chi connectivity index (χ4n) is 1.71. The van der Waals surface area contributed by atoms with Crippen molar-refractivity contribution in [2.75, 3.05) is 0 Å². The first kappa shape index (κ1) is 11.7. The monoisotopic (exact) mass is 245 g/mol. The summed E-state index contributed by atoms with van der Waals surface area (Å²) in [5.74, 6) is 1.40. The Hall–Kier alpha value is -1.79. The Bertz CT molecular complexity index is 549. The van der Waals surface area contributed by atoms with E-state index in [2.05, 4.69) is 15.6 Å². The van der Waals surface area contributed by atoms with Crippen molar-refractivity contribution in [3.05, 3.63) is 53.1 Å². The average molecular weight is 246 g/mol. The largest absolute Gasteiger partial charge is 0.327 e. The van der Waals surface area contributed by atoms with Crippen LogP contribution in [-0.4, -0.2) is 9.55 Å². The van der Waals surface area contributed by atoms with Gasteiger partial charge in [0.15, 0.2) is 0 Å². The third-order valence-electron chi connectivity index (χ3n) is 2.70. The first-order valence-electron chi connectivity index (χ1n) is 5.30. The second-order valence-corrected chi connectivity index (χ2v) is 4.09. The Morgan fingerprint density at radius 1 is 1.35 bits per heavy atom. The molecule has 0 unspecified atom stereocenters. The highest BCUT2D eigenvalue weighted by atomic mass is 35.5. The van der Waals surface area contributed by atoms with Crippen molar-refractivity contribution in [1.29, 1.82) is 5.26 Å². The van der Waals surface area contributed by atoms with E-state index in [-0.39, 0.29) is 0 Å². The molecule has 2 aromatic rings. The standard InChI is InChI=1S/C13H12ClN3/c1-10-16-8-13(6-14)17(10)9-12-4-2-11(7-15)3-5-12/h2-5,8H,6,9H2,1H3. The highest BCUT2D eigenvalue weighted by molar-refractivity contribution is 6.16. The SMILES string of the molecule is Cc1ncc(CCl)n1Cc1ccc(C#N)cc1. The molecule has 0 aliphatic heterocycles. The van der Waals surface area contributed by atoms with Gasteiger partial charge in [0.05, 0.1) is 23.2 Å². The lowest BCUT2D eigenvalue weighted by atomic mass is 10.1. The van der Waals surface area contributed by atoms with E-state index in [1.807, 2.05) is 31.2 Å². The van der Waals surface area contributed by atoms with Gasteiger partial charge in [-0.15, -0.1) is 11.6 Å². The molecule has 0 aliphatic rings. The molecule has 0 fully saturated rings. The van der Waals surface area contributed by atoms with Gasteiger partial charge >= 0.3 is 0 Å². The number of nitrogens with zero attached hydrogens (tertiary/aromatic N) is 3. The minimum atomic E-state index is 0.455. The lowest BCUT2D eigenvalue weighted by Gasteiger charge is -2.08. The van der Waals surface area contributed by atoms with Crippen molar-refractivity contribution in [3.8, 4) is 6.07 Å². The third kappa shape index (κ3) is 2.48. The van der Waals surface area contributed by atoms with E-state index < -0.39 is 0 Å². The fourth-order valence-corrected chi connectivity index (χ4v) is 1.92. The maximum atomic E-state index is 8.73. The molecule has 0 spiro atoms. The Balaban J connectivity index is 2.25. The van der Waals surface area contributed by atoms with Gasteiger partial charge in [-0.3, -0.25) is 0 Å². The Morgan fingerprint density at radius 2 is 2.06 bits per heavy atom. The second kappa shape index (κ2) is 5.03. The normalized spacial score (nSPS) is 10.2. The van der Waals surface area contributed by atoms with Gasteiger partial charge in [-0.1, -0.05) is 12.1 Å². The number of hydrogen-bond donors (Lipinski definition) is 0. The summed E-state index contributed by atoms with van der Waals surface area (Å²) < 4.78 is 2.08. The van der Waals surface area contributed by atoms with Crippen molar-refractivity contribution >= 4 is 11.6 Å². The van der Waals surface area contributed by atoms with Gasteiger partial charge in [0.25, 0.3) is 0 Å². The van der Waals surface area contributed by atoms with Gasteiger partial charge in [-0.05, 0) is 24.6 Å². The van der Waals surface area contributed by atoms with Crippen molar-refractivity contribution in [2.24, 2.45) is 0 Å². The van der Waals surface area contributed by atoms with Crippen LogP contribution in [0.5, 0.6) is 0 Å². The molecule has 0 saturated carbocycles. The minimum absolute atomic E-state index is 0.455. The smallest absolute Gasteiger partial charge is 0.106 e. The molecule has 1 aromatic carbocycles. The third-order valence-corrected chi connectivity index (χ3v) is 2.97. The molecule has 86 valence electrons. The van der Waals surface area contributed by atoms with Crippen molar-refractivity contribution in [1.82, 2.24) is 9.55 Å². The van der Waals surface area contributed by atoms with Gasteiger partial charge in [0.2, 0.25) is 0 Å². The number of alkyl halides is 1. The number of hydrogen-bond acceptors (Lipinski definition) is 2. The molecule has 0 radical (unpaired) electrons. The summed E-state index contributed by atoms with van der Waals surface area (Å²) in [7, 11) is 0. The molecule has 4 heteroatoms. The zero-order valence-corrected chi connectivity index (χ0v) is 10.3. The van der Waals surface area contributed by atoms with Crippen LogP contribution in [0.4, 0.5) is 0 Å². The van der Waals surface area contributed by atoms with E-state index in [1.54, 1.807) is 6.20 Å². The molecule has 0 amide bonds. The molecular formula is C13H12ClN3. The van der Waals surface area contributed by atoms with Crippen molar-refractivity contribution in [3.63, 3.8) is 0 Å². The number of rotatable bonds is 3. The summed E-state index contributed by atoms with van der Waals surface area (Å²) in [6.45, 7) is 2.69. The van der Waals surface area contributed by atoms with E-state index >= 15 is 0 Å². The van der Waals surface area contributed by atoms with Crippen LogP contribution in [0.1, 0.15) is 22.6 Å². The van der Waals surface area contributed by atoms with Gasteiger partial charge in [0.1, 0.15) is 5.82 Å². The van der Waals surface area contributed by atoms with Crippen molar-refractivity contribution < 1.29 is 0 Å². The molecule has 0 saturated heterocycles. The zero-order valence-electron chi connectivity index (χ0n) is 9.52. The van der Waals surface area contributed by atoms with Gasteiger partial charge in [-0.2, -0.15) is 5.26 Å². The number of nitriles is 1. The summed E-state index contributed by atoms with van der Waals surface area (Å²) in [5.41, 5.74) is 2.82. The number of aryl methyl sites for hydroxylation is 1. The van der Waals surface area contributed by atoms with Crippen LogP contribution < -0.4 is 0 Å². The molecule has 1 aromatic heterocycles. The number of aromatic nitrogens is 2. The Labute approximate surface area is 105 Å². The second-order valence-electron chi connectivity index (χ2n) is 3.83. The van der Waals surface area contributed by atoms with Crippen LogP contribution >= 0.6 is 11.6 Å². The average Bonchev–Trinajstić information content (AvgIpc) is 2.71. The zero-order chi connectivity index (χ0) is 12.3. The van der Waals surface area contributed by atoms with Crippen LogP contribution in [-0.2, 0) is 12.4 Å². The Kier molecular flexibility index (Phi) is 3.46. The molecule has 1 heterocycles. The van der Waals surface area contributed by atoms with Crippen LogP contribution in [0.15, 0.2) is 30.5 Å². The molecular weight excluding hydrogens is 234 g/mol. The molecule has 0 bridgehead atoms. The Morgan fingerprint density at radius 3 is 2.65 bits per heavy atom. The molecule has 0 N–H and O–H groups in total. The van der Waals surface area contributed by atoms with E-state index in [0.29, 0.717) is 11.4 Å². The quantitative estimate of drug-likeness (QED) is 0.781. The summed E-state index contributed by atoms with van der Waals surface area (Å²) in [4.78, 5) is 4.24. The number of benzene rings is 1. The van der Waals surface area contributed by atoms with E-state index in [0.717, 1.165) is 23.6 Å². The topological polar surface area (TPSA) is 41.6 Å².